The van der Waals surface area contributed by atoms with Crippen molar-refractivity contribution in [1.29, 1.82) is 0 Å². The van der Waals surface area contributed by atoms with Gasteiger partial charge in [-0.2, -0.15) is 0 Å². The highest BCUT2D eigenvalue weighted by Crippen LogP contribution is 2.35. The first kappa shape index (κ1) is 21.1. The predicted octanol–water partition coefficient (Wildman–Crippen LogP) is 6.44. The molecule has 6 rings (SSSR count). The molecule has 3 nitrogen and oxygen atoms in total. The van der Waals surface area contributed by atoms with Crippen LogP contribution in [0.3, 0.4) is 0 Å². The first-order valence-corrected chi connectivity index (χ1v) is 15.1. The highest BCUT2D eigenvalue weighted by atomic mass is 79.9. The second kappa shape index (κ2) is 8.11. The van der Waals surface area contributed by atoms with E-state index < -0.39 is 8.07 Å². The molecule has 1 aliphatic heterocycles. The molecule has 4 aromatic carbocycles. The van der Waals surface area contributed by atoms with Crippen LogP contribution in [0.1, 0.15) is 0 Å². The summed E-state index contributed by atoms with van der Waals surface area (Å²) < 4.78 is 1.19. The van der Waals surface area contributed by atoms with Gasteiger partial charge in [-0.1, -0.05) is 120 Å². The zero-order valence-electron chi connectivity index (χ0n) is 19.0. The summed E-state index contributed by atoms with van der Waals surface area (Å²) in [5.74, 6) is 2.12. The second-order valence-electron chi connectivity index (χ2n) is 9.05. The van der Waals surface area contributed by atoms with Crippen LogP contribution in [0.25, 0.3) is 45.3 Å². The van der Waals surface area contributed by atoms with Crippen LogP contribution in [0.4, 0.5) is 0 Å². The first-order valence-electron chi connectivity index (χ1n) is 11.3. The molecule has 5 aromatic rings. The zero-order valence-corrected chi connectivity index (χ0v) is 21.5. The van der Waals surface area contributed by atoms with Crippen molar-refractivity contribution in [1.82, 2.24) is 15.0 Å². The molecular weight excluding hydrogens is 498 g/mol. The third-order valence-corrected chi connectivity index (χ3v) is 11.2. The van der Waals surface area contributed by atoms with Crippen LogP contribution in [0.15, 0.2) is 102 Å². The predicted molar refractivity (Wildman–Crippen MR) is 146 cm³/mol. The molecule has 0 radical (unpaired) electrons. The Morgan fingerprint density at radius 1 is 0.500 bits per heavy atom. The minimum Gasteiger partial charge on any atom is -0.208 e. The monoisotopic (exact) mass is 519 g/mol. The molecule has 34 heavy (non-hydrogen) atoms. The van der Waals surface area contributed by atoms with E-state index in [2.05, 4.69) is 89.7 Å². The summed E-state index contributed by atoms with van der Waals surface area (Å²) in [6.45, 7) is 4.84. The molecule has 0 N–H and O–H groups in total. The summed E-state index contributed by atoms with van der Waals surface area (Å²) in [6.07, 6.45) is 0. The van der Waals surface area contributed by atoms with Crippen molar-refractivity contribution in [3.63, 3.8) is 0 Å². The summed E-state index contributed by atoms with van der Waals surface area (Å²) in [7, 11) is -1.99. The Morgan fingerprint density at radius 3 is 1.56 bits per heavy atom. The van der Waals surface area contributed by atoms with E-state index in [0.29, 0.717) is 11.6 Å². The lowest BCUT2D eigenvalue weighted by Crippen LogP contribution is -2.50. The highest BCUT2D eigenvalue weighted by Gasteiger charge is 2.41. The summed E-state index contributed by atoms with van der Waals surface area (Å²) in [5.41, 5.74) is 5.70. The van der Waals surface area contributed by atoms with Gasteiger partial charge in [0.2, 0.25) is 0 Å². The van der Waals surface area contributed by atoms with E-state index in [1.165, 1.54) is 26.0 Å². The molecule has 2 heterocycles. The normalized spacial score (nSPS) is 13.4. The largest absolute Gasteiger partial charge is 0.208 e. The van der Waals surface area contributed by atoms with Crippen LogP contribution >= 0.6 is 15.9 Å². The Kier molecular flexibility index (Phi) is 5.05. The number of benzene rings is 4. The lowest BCUT2D eigenvalue weighted by molar-refractivity contribution is 1.08. The van der Waals surface area contributed by atoms with Gasteiger partial charge in [-0.3, -0.25) is 0 Å². The van der Waals surface area contributed by atoms with Crippen LogP contribution in [0, 0.1) is 0 Å². The van der Waals surface area contributed by atoms with Gasteiger partial charge in [-0.15, -0.1) is 0 Å². The third kappa shape index (κ3) is 3.35. The Balaban J connectivity index is 1.62. The van der Waals surface area contributed by atoms with Crippen LogP contribution in [-0.4, -0.2) is 23.0 Å². The molecule has 5 heteroatoms. The van der Waals surface area contributed by atoms with E-state index in [4.69, 9.17) is 15.0 Å². The molecule has 0 saturated carbocycles. The highest BCUT2D eigenvalue weighted by molar-refractivity contribution is 9.10. The maximum absolute atomic E-state index is 5.02. The molecule has 0 unspecified atom stereocenters. The van der Waals surface area contributed by atoms with Gasteiger partial charge in [0.1, 0.15) is 8.07 Å². The Hall–Kier alpha value is -3.41. The molecule has 1 aromatic heterocycles. The van der Waals surface area contributed by atoms with Gasteiger partial charge >= 0.3 is 0 Å². The molecule has 0 aliphatic carbocycles. The standard InChI is InChI=1S/C29H22BrN3Si/c1-34(2)25-21(22-16-10-18-24(30)26(22)34)15-9-17-23(25)29-32-27(19-11-5-3-6-12-19)31-28(33-29)20-13-7-4-8-14-20/h3-18H,1-2H3. The van der Waals surface area contributed by atoms with Gasteiger partial charge in [0.25, 0.3) is 0 Å². The second-order valence-corrected chi connectivity index (χ2v) is 14.2. The first-order chi connectivity index (χ1) is 16.5. The molecule has 0 saturated heterocycles. The van der Waals surface area contributed by atoms with Gasteiger partial charge in [0, 0.05) is 21.2 Å². The molecular formula is C29H22BrN3Si. The lowest BCUT2D eigenvalue weighted by atomic mass is 10.0. The Bertz CT molecular complexity index is 1470. The van der Waals surface area contributed by atoms with E-state index in [0.717, 1.165) is 22.5 Å². The SMILES string of the molecule is C[Si]1(C)c2c(Br)cccc2-c2cccc(-c3nc(-c4ccccc4)nc(-c4ccccc4)n3)c21. The van der Waals surface area contributed by atoms with E-state index >= 15 is 0 Å². The van der Waals surface area contributed by atoms with Crippen molar-refractivity contribution < 1.29 is 0 Å². The topological polar surface area (TPSA) is 38.7 Å². The average Bonchev–Trinajstić information content (AvgIpc) is 3.13. The third-order valence-electron chi connectivity index (χ3n) is 6.56. The van der Waals surface area contributed by atoms with Crippen LogP contribution in [0.2, 0.25) is 13.1 Å². The average molecular weight is 521 g/mol. The van der Waals surface area contributed by atoms with Crippen LogP contribution in [0.5, 0.6) is 0 Å². The number of halogens is 1. The fourth-order valence-electron chi connectivity index (χ4n) is 5.07. The molecule has 164 valence electrons. The zero-order chi connectivity index (χ0) is 23.3. The Labute approximate surface area is 208 Å². The van der Waals surface area contributed by atoms with Crippen molar-refractivity contribution in [2.75, 3.05) is 0 Å². The number of fused-ring (bicyclic) bond motifs is 3. The minimum atomic E-state index is -1.99. The number of nitrogens with zero attached hydrogens (tertiary/aromatic N) is 3. The lowest BCUT2D eigenvalue weighted by Gasteiger charge is -2.22. The van der Waals surface area contributed by atoms with Gasteiger partial charge < -0.3 is 0 Å². The summed E-state index contributed by atoms with van der Waals surface area (Å²) in [5, 5.41) is 2.83. The number of rotatable bonds is 3. The van der Waals surface area contributed by atoms with Gasteiger partial charge in [-0.05, 0) is 27.6 Å². The summed E-state index contributed by atoms with van der Waals surface area (Å²) >= 11 is 3.84. The van der Waals surface area contributed by atoms with Crippen molar-refractivity contribution in [3.8, 4) is 45.3 Å². The fraction of sp³-hybridized carbons (Fsp3) is 0.0690. The summed E-state index contributed by atoms with van der Waals surface area (Å²) in [4.78, 5) is 14.9. The quantitative estimate of drug-likeness (QED) is 0.257. The fourth-order valence-corrected chi connectivity index (χ4v) is 10.5. The van der Waals surface area contributed by atoms with Crippen molar-refractivity contribution in [2.24, 2.45) is 0 Å². The van der Waals surface area contributed by atoms with Crippen molar-refractivity contribution >= 4 is 34.4 Å². The van der Waals surface area contributed by atoms with E-state index in [1.807, 2.05) is 36.4 Å². The Morgan fingerprint density at radius 2 is 0.971 bits per heavy atom. The van der Waals surface area contributed by atoms with Gasteiger partial charge in [0.05, 0.1) is 0 Å². The van der Waals surface area contributed by atoms with Gasteiger partial charge in [-0.25, -0.2) is 15.0 Å². The number of hydrogen-bond acceptors (Lipinski definition) is 3. The van der Waals surface area contributed by atoms with Gasteiger partial charge in [0.15, 0.2) is 17.5 Å². The number of aromatic nitrogens is 3. The molecule has 0 spiro atoms. The summed E-state index contributed by atoms with van der Waals surface area (Å²) in [6, 6.07) is 33.4. The molecule has 0 amide bonds. The minimum absolute atomic E-state index is 0.693. The van der Waals surface area contributed by atoms with Crippen molar-refractivity contribution in [3.05, 3.63) is 102 Å². The maximum atomic E-state index is 5.02. The number of hydrogen-bond donors (Lipinski definition) is 0. The molecule has 0 atom stereocenters. The molecule has 1 aliphatic rings. The van der Waals surface area contributed by atoms with Crippen molar-refractivity contribution in [2.45, 2.75) is 13.1 Å². The maximum Gasteiger partial charge on any atom is 0.164 e. The van der Waals surface area contributed by atoms with E-state index in [1.54, 1.807) is 0 Å². The molecule has 0 fully saturated rings. The smallest absolute Gasteiger partial charge is 0.164 e. The van der Waals surface area contributed by atoms with E-state index in [-0.39, 0.29) is 0 Å². The van der Waals surface area contributed by atoms with Crippen LogP contribution < -0.4 is 10.4 Å². The molecule has 0 bridgehead atoms. The van der Waals surface area contributed by atoms with E-state index in [9.17, 15) is 0 Å². The van der Waals surface area contributed by atoms with Crippen LogP contribution in [-0.2, 0) is 0 Å².